The summed E-state index contributed by atoms with van der Waals surface area (Å²) in [5.74, 6) is 0.503. The summed E-state index contributed by atoms with van der Waals surface area (Å²) in [4.78, 5) is 27.6. The van der Waals surface area contributed by atoms with Crippen molar-refractivity contribution in [3.63, 3.8) is 0 Å². The second-order valence-corrected chi connectivity index (χ2v) is 24.3. The number of aliphatic hydroxyl groups excluding tert-OH is 1. The standard InChI is InChI=1S/C45H74N2O7S/c1-27(2)29-13-19-45(46-22-16-31(28(3)48)47-23-25-55(52,53)26-24-47)21-20-43(9)30(35(29)45)11-12-33-42(8)17-15-34(40(4,5)32(42)14-18-44(33,43)10)54-39(51)37-36(38(49)50)41(37,6)7/h28-37,46,48H,1,11-26H2,2-10H3,(H,49,50)/t28?,29-,30+,31?,32-,33+,34-,35+,36-,37+,42-,43+,44+,45-/m0/s1. The van der Waals surface area contributed by atoms with Crippen LogP contribution >= 0.6 is 0 Å². The average Bonchev–Trinajstić information content (AvgIpc) is 3.47. The second kappa shape index (κ2) is 13.8. The molecule has 0 aromatic carbocycles. The number of hydrogen-bond acceptors (Lipinski definition) is 8. The van der Waals surface area contributed by atoms with Gasteiger partial charge in [-0.3, -0.25) is 14.5 Å². The number of fused-ring (bicyclic) bond motifs is 7. The first-order valence-corrected chi connectivity index (χ1v) is 23.8. The van der Waals surface area contributed by atoms with E-state index in [9.17, 15) is 28.2 Å². The van der Waals surface area contributed by atoms with Gasteiger partial charge in [-0.2, -0.15) is 0 Å². The highest BCUT2D eigenvalue weighted by atomic mass is 32.2. The fraction of sp³-hybridized carbons (Fsp3) is 0.911. The van der Waals surface area contributed by atoms with Crippen LogP contribution < -0.4 is 5.32 Å². The number of ether oxygens (including phenoxy) is 1. The Morgan fingerprint density at radius 2 is 1.53 bits per heavy atom. The van der Waals surface area contributed by atoms with Crippen LogP contribution in [-0.4, -0.2) is 90.4 Å². The van der Waals surface area contributed by atoms with Gasteiger partial charge in [-0.25, -0.2) is 8.42 Å². The number of aliphatic hydroxyl groups is 1. The molecule has 1 heterocycles. The van der Waals surface area contributed by atoms with Crippen LogP contribution in [0.4, 0.5) is 0 Å². The third kappa shape index (κ3) is 6.42. The first kappa shape index (κ1) is 41.7. The largest absolute Gasteiger partial charge is 0.481 e. The van der Waals surface area contributed by atoms with E-state index in [0.717, 1.165) is 45.1 Å². The molecule has 1 saturated heterocycles. The minimum atomic E-state index is -2.98. The molecule has 0 aromatic rings. The molecule has 9 nitrogen and oxygen atoms in total. The summed E-state index contributed by atoms with van der Waals surface area (Å²) in [5, 5.41) is 24.8. The highest BCUT2D eigenvalue weighted by molar-refractivity contribution is 7.91. The van der Waals surface area contributed by atoms with E-state index < -0.39 is 39.2 Å². The minimum Gasteiger partial charge on any atom is -0.481 e. The lowest BCUT2D eigenvalue weighted by Gasteiger charge is -2.73. The molecule has 0 spiro atoms. The quantitative estimate of drug-likeness (QED) is 0.156. The van der Waals surface area contributed by atoms with Crippen molar-refractivity contribution in [3.8, 4) is 0 Å². The zero-order chi connectivity index (χ0) is 40.3. The van der Waals surface area contributed by atoms with Gasteiger partial charge in [0.15, 0.2) is 9.84 Å². The molecular formula is C45H74N2O7S. The summed E-state index contributed by atoms with van der Waals surface area (Å²) >= 11 is 0. The lowest BCUT2D eigenvalue weighted by atomic mass is 9.32. The fourth-order valence-electron chi connectivity index (χ4n) is 15.6. The highest BCUT2D eigenvalue weighted by Gasteiger charge is 2.72. The van der Waals surface area contributed by atoms with Gasteiger partial charge in [0.25, 0.3) is 0 Å². The Balaban J connectivity index is 1.08. The van der Waals surface area contributed by atoms with Crippen LogP contribution in [0.25, 0.3) is 0 Å². The molecule has 7 fully saturated rings. The first-order chi connectivity index (χ1) is 25.5. The molecule has 0 radical (unpaired) electrons. The van der Waals surface area contributed by atoms with Gasteiger partial charge in [0, 0.05) is 30.1 Å². The molecule has 0 aromatic heterocycles. The number of nitrogens with zero attached hydrogens (tertiary/aromatic N) is 1. The number of aliphatic carboxylic acids is 1. The number of hydrogen-bond donors (Lipinski definition) is 3. The van der Waals surface area contributed by atoms with E-state index in [1.807, 2.05) is 20.8 Å². The predicted molar refractivity (Wildman–Crippen MR) is 216 cm³/mol. The lowest BCUT2D eigenvalue weighted by molar-refractivity contribution is -0.246. The van der Waals surface area contributed by atoms with Gasteiger partial charge in [0.2, 0.25) is 0 Å². The Morgan fingerprint density at radius 3 is 2.13 bits per heavy atom. The summed E-state index contributed by atoms with van der Waals surface area (Å²) in [6.45, 7) is 26.8. The van der Waals surface area contributed by atoms with Crippen LogP contribution in [0.5, 0.6) is 0 Å². The Hall–Kier alpha value is -1.49. The minimum absolute atomic E-state index is 0.0479. The monoisotopic (exact) mass is 787 g/mol. The highest BCUT2D eigenvalue weighted by Crippen LogP contribution is 2.76. The van der Waals surface area contributed by atoms with E-state index in [1.165, 1.54) is 37.7 Å². The molecule has 7 rings (SSSR count). The first-order valence-electron chi connectivity index (χ1n) is 21.9. The van der Waals surface area contributed by atoms with Gasteiger partial charge in [0.05, 0.1) is 29.4 Å². The number of rotatable bonds is 10. The van der Waals surface area contributed by atoms with E-state index in [0.29, 0.717) is 42.7 Å². The van der Waals surface area contributed by atoms with Gasteiger partial charge in [-0.1, -0.05) is 60.6 Å². The van der Waals surface area contributed by atoms with Crippen LogP contribution in [0.3, 0.4) is 0 Å². The number of carbonyl (C=O) groups is 2. The predicted octanol–water partition coefficient (Wildman–Crippen LogP) is 7.12. The van der Waals surface area contributed by atoms with Gasteiger partial charge in [-0.05, 0) is 142 Å². The van der Waals surface area contributed by atoms with Gasteiger partial charge in [-0.15, -0.1) is 0 Å². The van der Waals surface area contributed by atoms with Crippen molar-refractivity contribution in [1.29, 1.82) is 0 Å². The number of esters is 1. The molecule has 1 aliphatic heterocycles. The topological polar surface area (TPSA) is 133 Å². The Bertz CT molecular complexity index is 1640. The Kier molecular flexibility index (Phi) is 10.4. The molecule has 6 saturated carbocycles. The second-order valence-electron chi connectivity index (χ2n) is 22.0. The SMILES string of the molecule is C=C(C)[C@@H]1CC[C@]2(NCCC(C(C)O)N3CCS(=O)(=O)CC3)CC[C@]3(C)[C@H](CC[C@@H]4[C@@]5(C)CC[C@H](OC(=O)[C@H]6[C@@H](C(=O)O)C6(C)C)C(C)(C)[C@@H]5CC[C@]43C)[C@@H]12. The third-order valence-corrected chi connectivity index (χ3v) is 20.5. The van der Waals surface area contributed by atoms with Crippen molar-refractivity contribution in [3.05, 3.63) is 12.2 Å². The molecule has 14 atom stereocenters. The molecule has 0 amide bonds. The van der Waals surface area contributed by atoms with Crippen molar-refractivity contribution >= 4 is 21.8 Å². The van der Waals surface area contributed by atoms with Crippen molar-refractivity contribution < 1.29 is 33.0 Å². The van der Waals surface area contributed by atoms with Gasteiger partial charge >= 0.3 is 11.9 Å². The van der Waals surface area contributed by atoms with E-state index in [4.69, 9.17) is 4.74 Å². The Morgan fingerprint density at radius 1 is 0.855 bits per heavy atom. The van der Waals surface area contributed by atoms with Crippen LogP contribution in [0.1, 0.15) is 133 Å². The molecule has 6 aliphatic carbocycles. The van der Waals surface area contributed by atoms with Crippen LogP contribution in [0.2, 0.25) is 0 Å². The number of sulfone groups is 1. The molecule has 0 bridgehead atoms. The molecular weight excluding hydrogens is 713 g/mol. The molecule has 7 aliphatic rings. The number of carbonyl (C=O) groups excluding carboxylic acids is 1. The van der Waals surface area contributed by atoms with Crippen molar-refractivity contribution in [2.75, 3.05) is 31.1 Å². The summed E-state index contributed by atoms with van der Waals surface area (Å²) in [6, 6.07) is -0.0552. The van der Waals surface area contributed by atoms with Crippen LogP contribution in [-0.2, 0) is 24.2 Å². The summed E-state index contributed by atoms with van der Waals surface area (Å²) in [7, 11) is -2.98. The maximum atomic E-state index is 13.5. The number of carboxylic acids is 1. The van der Waals surface area contributed by atoms with Gasteiger partial charge < -0.3 is 20.3 Å². The molecule has 55 heavy (non-hydrogen) atoms. The Labute approximate surface area is 332 Å². The van der Waals surface area contributed by atoms with Crippen LogP contribution in [0, 0.1) is 68.5 Å². The maximum Gasteiger partial charge on any atom is 0.310 e. The number of allylic oxidation sites excluding steroid dienone is 1. The van der Waals surface area contributed by atoms with Crippen molar-refractivity contribution in [1.82, 2.24) is 10.2 Å². The molecule has 2 unspecified atom stereocenters. The molecule has 3 N–H and O–H groups in total. The van der Waals surface area contributed by atoms with Gasteiger partial charge in [0.1, 0.15) is 6.10 Å². The fourth-order valence-corrected chi connectivity index (χ4v) is 16.9. The number of nitrogens with one attached hydrogen (secondary N) is 1. The zero-order valence-electron chi connectivity index (χ0n) is 35.6. The van der Waals surface area contributed by atoms with E-state index in [-0.39, 0.29) is 56.8 Å². The molecule has 10 heteroatoms. The lowest BCUT2D eigenvalue weighted by Crippen LogP contribution is -2.69. The van der Waals surface area contributed by atoms with Crippen molar-refractivity contribution in [2.45, 2.75) is 157 Å². The molecule has 312 valence electrons. The van der Waals surface area contributed by atoms with E-state index in [1.54, 1.807) is 0 Å². The summed E-state index contributed by atoms with van der Waals surface area (Å²) < 4.78 is 30.7. The summed E-state index contributed by atoms with van der Waals surface area (Å²) in [5.41, 5.74) is 1.11. The van der Waals surface area contributed by atoms with E-state index >= 15 is 0 Å². The van der Waals surface area contributed by atoms with Crippen molar-refractivity contribution in [2.24, 2.45) is 68.5 Å². The maximum absolute atomic E-state index is 13.5. The van der Waals surface area contributed by atoms with E-state index in [2.05, 4.69) is 58.3 Å². The smallest absolute Gasteiger partial charge is 0.310 e. The average molecular weight is 787 g/mol. The summed E-state index contributed by atoms with van der Waals surface area (Å²) in [6.07, 6.45) is 11.4. The zero-order valence-corrected chi connectivity index (χ0v) is 36.4. The third-order valence-electron chi connectivity index (χ3n) is 18.9. The number of carboxylic acid groups (broad SMARTS) is 1. The normalized spacial score (nSPS) is 46.5. The van der Waals surface area contributed by atoms with Crippen LogP contribution in [0.15, 0.2) is 12.2 Å².